The number of carbonyl (C=O) groups is 1. The van der Waals surface area contributed by atoms with E-state index in [2.05, 4.69) is 4.57 Å². The molecule has 0 unspecified atom stereocenters. The normalized spacial score (nSPS) is 14.3. The number of hydrogen-bond donors (Lipinski definition) is 0. The highest BCUT2D eigenvalue weighted by atomic mass is 32.1. The van der Waals surface area contributed by atoms with Gasteiger partial charge in [-0.05, 0) is 61.7 Å². The molecule has 248 valence electrons. The van der Waals surface area contributed by atoms with Gasteiger partial charge in [-0.2, -0.15) is 0 Å². The highest BCUT2D eigenvalue weighted by molar-refractivity contribution is 7.07. The number of ether oxygens (including phenoxy) is 1. The minimum atomic E-state index is -0.716. The van der Waals surface area contributed by atoms with Crippen molar-refractivity contribution < 1.29 is 14.5 Å². The molecule has 0 bridgehead atoms. The van der Waals surface area contributed by atoms with Gasteiger partial charge in [-0.15, -0.1) is 0 Å². The van der Waals surface area contributed by atoms with Gasteiger partial charge in [-0.25, -0.2) is 9.79 Å². The molecule has 1 atom stereocenters. The number of esters is 1. The summed E-state index contributed by atoms with van der Waals surface area (Å²) in [5.74, 6) is -0.507. The van der Waals surface area contributed by atoms with Gasteiger partial charge in [0, 0.05) is 23.4 Å². The number of carbonyl (C=O) groups excluding carboxylic acids is 1. The van der Waals surface area contributed by atoms with Crippen LogP contribution in [-0.2, 0) is 9.53 Å². The van der Waals surface area contributed by atoms with Crippen LogP contribution in [0.5, 0.6) is 0 Å². The molecular weight excluding hydrogens is 649 g/mol. The highest BCUT2D eigenvalue weighted by Crippen LogP contribution is 2.37. The molecule has 7 rings (SSSR count). The zero-order chi connectivity index (χ0) is 34.9. The summed E-state index contributed by atoms with van der Waals surface area (Å²) >= 11 is 1.26. The van der Waals surface area contributed by atoms with Crippen LogP contribution in [0.4, 0.5) is 5.69 Å². The fraction of sp³-hybridized carbons (Fsp3) is 0.125. The number of nitrogens with zero attached hydrogens (tertiary/aromatic N) is 4. The van der Waals surface area contributed by atoms with Crippen LogP contribution >= 0.6 is 11.3 Å². The van der Waals surface area contributed by atoms with Gasteiger partial charge >= 0.3 is 5.97 Å². The Morgan fingerprint density at radius 3 is 2.18 bits per heavy atom. The molecule has 0 spiro atoms. The molecule has 0 saturated carbocycles. The van der Waals surface area contributed by atoms with Crippen molar-refractivity contribution in [3.63, 3.8) is 0 Å². The molecule has 0 aliphatic carbocycles. The minimum Gasteiger partial charge on any atom is -0.463 e. The topological polar surface area (TPSA) is 109 Å². The van der Waals surface area contributed by atoms with E-state index < -0.39 is 16.9 Å². The van der Waals surface area contributed by atoms with Crippen LogP contribution in [0.15, 0.2) is 136 Å². The van der Waals surface area contributed by atoms with Crippen LogP contribution in [0.25, 0.3) is 34.3 Å². The second-order valence-electron chi connectivity index (χ2n) is 11.9. The van der Waals surface area contributed by atoms with Crippen molar-refractivity contribution in [3.05, 3.63) is 173 Å². The number of nitro groups is 1. The van der Waals surface area contributed by atoms with Gasteiger partial charge in [0.1, 0.15) is 0 Å². The van der Waals surface area contributed by atoms with E-state index in [0.29, 0.717) is 20.6 Å². The van der Waals surface area contributed by atoms with Gasteiger partial charge in [0.2, 0.25) is 0 Å². The molecule has 0 fully saturated rings. The molecule has 9 nitrogen and oxygen atoms in total. The first-order chi connectivity index (χ1) is 24.2. The van der Waals surface area contributed by atoms with Crippen molar-refractivity contribution in [1.29, 1.82) is 0 Å². The number of nitro benzene ring substituents is 1. The van der Waals surface area contributed by atoms with Crippen molar-refractivity contribution in [3.8, 4) is 28.2 Å². The third-order valence-corrected chi connectivity index (χ3v) is 9.65. The van der Waals surface area contributed by atoms with E-state index in [9.17, 15) is 19.7 Å². The van der Waals surface area contributed by atoms with E-state index >= 15 is 0 Å². The molecule has 0 radical (unpaired) electrons. The zero-order valence-corrected chi connectivity index (χ0v) is 28.4. The zero-order valence-electron chi connectivity index (χ0n) is 27.6. The van der Waals surface area contributed by atoms with E-state index in [4.69, 9.17) is 9.73 Å². The third kappa shape index (κ3) is 5.90. The smallest absolute Gasteiger partial charge is 0.338 e. The number of aromatic nitrogens is 2. The number of allylic oxidation sites excluding steroid dienone is 1. The number of thiazole rings is 1. The van der Waals surface area contributed by atoms with Crippen LogP contribution in [-0.4, -0.2) is 26.6 Å². The standard InChI is InChI=1S/C40H32N4O5S/c1-4-49-39(46)35-26(3)41-40-43(37(35)29-17-15-25(2)16-18-29)38(45)34(50-40)24-30-23-33(27-11-7-5-8-12-27)42(36(30)28-13-9-6-10-14-28)31-19-21-32(22-20-31)44(47)48/h5-24,37H,4H2,1-3H3/b34-24-/t37-/m0/s1. The molecule has 3 heterocycles. The van der Waals surface area contributed by atoms with Gasteiger partial charge in [-0.1, -0.05) is 102 Å². The van der Waals surface area contributed by atoms with Crippen molar-refractivity contribution in [2.24, 2.45) is 4.99 Å². The number of fused-ring (bicyclic) bond motifs is 1. The van der Waals surface area contributed by atoms with Gasteiger partial charge in [0.25, 0.3) is 11.2 Å². The largest absolute Gasteiger partial charge is 0.463 e. The molecule has 0 saturated heterocycles. The van der Waals surface area contributed by atoms with E-state index in [1.54, 1.807) is 30.5 Å². The number of non-ortho nitro benzene ring substituents is 1. The number of rotatable bonds is 8. The van der Waals surface area contributed by atoms with Crippen molar-refractivity contribution in [2.75, 3.05) is 6.61 Å². The SMILES string of the molecule is CCOC(=O)C1=C(C)N=c2s/c(=C\c3cc(-c4ccccc4)n(-c4ccc([N+](=O)[O-])cc4)c3-c3ccccc3)c(=O)n2[C@H]1c1ccc(C)cc1. The summed E-state index contributed by atoms with van der Waals surface area (Å²) in [7, 11) is 0. The summed E-state index contributed by atoms with van der Waals surface area (Å²) in [6, 6.07) is 35.2. The minimum absolute atomic E-state index is 0.00891. The van der Waals surface area contributed by atoms with Crippen LogP contribution in [0.1, 0.15) is 36.6 Å². The Labute approximate surface area is 291 Å². The summed E-state index contributed by atoms with van der Waals surface area (Å²) in [5.41, 5.74) is 7.35. The Balaban J connectivity index is 1.50. The maximum atomic E-state index is 14.5. The Kier molecular flexibility index (Phi) is 8.69. The molecule has 4 aromatic carbocycles. The Bertz CT molecular complexity index is 2460. The summed E-state index contributed by atoms with van der Waals surface area (Å²) in [4.78, 5) is 44.2. The lowest BCUT2D eigenvalue weighted by Gasteiger charge is -2.24. The lowest BCUT2D eigenvalue weighted by atomic mass is 9.95. The molecule has 50 heavy (non-hydrogen) atoms. The number of aryl methyl sites for hydroxylation is 1. The predicted molar refractivity (Wildman–Crippen MR) is 195 cm³/mol. The average Bonchev–Trinajstić information content (AvgIpc) is 3.65. The first-order valence-electron chi connectivity index (χ1n) is 16.1. The average molecular weight is 681 g/mol. The van der Waals surface area contributed by atoms with Gasteiger partial charge in [-0.3, -0.25) is 19.5 Å². The predicted octanol–water partition coefficient (Wildman–Crippen LogP) is 7.14. The van der Waals surface area contributed by atoms with E-state index in [0.717, 1.165) is 44.9 Å². The maximum Gasteiger partial charge on any atom is 0.338 e. The van der Waals surface area contributed by atoms with Crippen molar-refractivity contribution in [1.82, 2.24) is 9.13 Å². The van der Waals surface area contributed by atoms with Crippen LogP contribution in [0, 0.1) is 17.0 Å². The second-order valence-corrected chi connectivity index (χ2v) is 12.9. The first-order valence-corrected chi connectivity index (χ1v) is 16.9. The molecular formula is C40H32N4O5S. The lowest BCUT2D eigenvalue weighted by Crippen LogP contribution is -2.39. The van der Waals surface area contributed by atoms with Crippen LogP contribution < -0.4 is 14.9 Å². The van der Waals surface area contributed by atoms with E-state index in [1.165, 1.54) is 23.5 Å². The fourth-order valence-corrected chi connectivity index (χ4v) is 7.38. The highest BCUT2D eigenvalue weighted by Gasteiger charge is 2.33. The van der Waals surface area contributed by atoms with E-state index in [-0.39, 0.29) is 17.9 Å². The third-order valence-electron chi connectivity index (χ3n) is 8.66. The van der Waals surface area contributed by atoms with Gasteiger partial charge in [0.05, 0.1) is 44.8 Å². The van der Waals surface area contributed by atoms with E-state index in [1.807, 2.05) is 104 Å². The number of benzene rings is 4. The van der Waals surface area contributed by atoms with Crippen molar-refractivity contribution >= 4 is 29.1 Å². The second kappa shape index (κ2) is 13.4. The number of hydrogen-bond acceptors (Lipinski definition) is 7. The first kappa shape index (κ1) is 32.4. The van der Waals surface area contributed by atoms with Gasteiger partial charge in [0.15, 0.2) is 4.80 Å². The summed E-state index contributed by atoms with van der Waals surface area (Å²) in [6.45, 7) is 5.70. The maximum absolute atomic E-state index is 14.5. The van der Waals surface area contributed by atoms with Crippen LogP contribution in [0.3, 0.4) is 0 Å². The Hall–Kier alpha value is -6.13. The Morgan fingerprint density at radius 1 is 0.920 bits per heavy atom. The molecule has 0 amide bonds. The Morgan fingerprint density at radius 2 is 1.56 bits per heavy atom. The molecule has 1 aliphatic rings. The quantitative estimate of drug-likeness (QED) is 0.0965. The molecule has 10 heteroatoms. The lowest BCUT2D eigenvalue weighted by molar-refractivity contribution is -0.384. The van der Waals surface area contributed by atoms with Crippen LogP contribution in [0.2, 0.25) is 0 Å². The van der Waals surface area contributed by atoms with Gasteiger partial charge < -0.3 is 9.30 Å². The molecule has 0 N–H and O–H groups in total. The summed E-state index contributed by atoms with van der Waals surface area (Å²) in [5, 5.41) is 11.5. The summed E-state index contributed by atoms with van der Waals surface area (Å²) < 4.78 is 9.55. The monoisotopic (exact) mass is 680 g/mol. The molecule has 2 aromatic heterocycles. The molecule has 1 aliphatic heterocycles. The fourth-order valence-electron chi connectivity index (χ4n) is 6.34. The summed E-state index contributed by atoms with van der Waals surface area (Å²) in [6.07, 6.45) is 1.87. The van der Waals surface area contributed by atoms with Crippen molar-refractivity contribution in [2.45, 2.75) is 26.8 Å². The molecule has 6 aromatic rings.